The lowest BCUT2D eigenvalue weighted by Gasteiger charge is -2.38. The molecule has 10 nitrogen and oxygen atoms in total. The molecule has 180 valence electrons. The molecule has 0 spiro atoms. The monoisotopic (exact) mass is 493 g/mol. The van der Waals surface area contributed by atoms with Crippen LogP contribution in [0.1, 0.15) is 42.2 Å². The number of carbonyl (C=O) groups excluding carboxylic acids is 1. The number of benzene rings is 1. The van der Waals surface area contributed by atoms with Crippen molar-refractivity contribution in [1.82, 2.24) is 33.8 Å². The van der Waals surface area contributed by atoms with E-state index in [2.05, 4.69) is 15.1 Å². The molecule has 0 radical (unpaired) electrons. The van der Waals surface area contributed by atoms with Gasteiger partial charge in [-0.1, -0.05) is 11.6 Å². The number of halogens is 1. The van der Waals surface area contributed by atoms with Crippen molar-refractivity contribution in [3.63, 3.8) is 0 Å². The summed E-state index contributed by atoms with van der Waals surface area (Å²) < 4.78 is 5.00. The van der Waals surface area contributed by atoms with Gasteiger partial charge in [0.25, 0.3) is 11.5 Å². The van der Waals surface area contributed by atoms with Crippen molar-refractivity contribution < 1.29 is 9.90 Å². The number of hydrogen-bond acceptors (Lipinski definition) is 6. The van der Waals surface area contributed by atoms with Crippen LogP contribution in [0.25, 0.3) is 16.7 Å². The normalized spacial score (nSPS) is 17.7. The fourth-order valence-corrected chi connectivity index (χ4v) is 4.74. The number of rotatable bonds is 5. The third-order valence-electron chi connectivity index (χ3n) is 6.86. The van der Waals surface area contributed by atoms with Crippen LogP contribution < -0.4 is 5.56 Å². The van der Waals surface area contributed by atoms with Crippen LogP contribution in [0.5, 0.6) is 0 Å². The van der Waals surface area contributed by atoms with Crippen LogP contribution >= 0.6 is 11.6 Å². The molecular weight excluding hydrogens is 470 g/mol. The van der Waals surface area contributed by atoms with Gasteiger partial charge in [-0.05, 0) is 49.9 Å². The molecule has 1 aliphatic heterocycles. The van der Waals surface area contributed by atoms with Crippen LogP contribution in [-0.4, -0.2) is 63.5 Å². The van der Waals surface area contributed by atoms with E-state index in [4.69, 9.17) is 11.6 Å². The van der Waals surface area contributed by atoms with Gasteiger partial charge in [0.05, 0.1) is 30.4 Å². The lowest BCUT2D eigenvalue weighted by molar-refractivity contribution is -0.0300. The lowest BCUT2D eigenvalue weighted by atomic mass is 9.91. The molecule has 1 amide bonds. The van der Waals surface area contributed by atoms with Crippen molar-refractivity contribution in [2.75, 3.05) is 13.1 Å². The van der Waals surface area contributed by atoms with Gasteiger partial charge >= 0.3 is 0 Å². The molecule has 1 saturated carbocycles. The van der Waals surface area contributed by atoms with Crippen LogP contribution in [0.3, 0.4) is 0 Å². The van der Waals surface area contributed by atoms with E-state index >= 15 is 0 Å². The zero-order valence-electron chi connectivity index (χ0n) is 18.9. The van der Waals surface area contributed by atoms with Gasteiger partial charge in [0.1, 0.15) is 17.4 Å². The van der Waals surface area contributed by atoms with E-state index in [0.717, 1.165) is 18.5 Å². The molecule has 4 aromatic rings. The fourth-order valence-electron chi connectivity index (χ4n) is 4.62. The van der Waals surface area contributed by atoms with Crippen molar-refractivity contribution >= 4 is 28.5 Å². The Morgan fingerprint density at radius 1 is 1.11 bits per heavy atom. The predicted molar refractivity (Wildman–Crippen MR) is 129 cm³/mol. The second kappa shape index (κ2) is 8.31. The fraction of sp³-hybridized carbons (Fsp3) is 0.375. The highest BCUT2D eigenvalue weighted by molar-refractivity contribution is 6.30. The maximum atomic E-state index is 13.1. The molecule has 2 fully saturated rings. The molecule has 4 heterocycles. The van der Waals surface area contributed by atoms with E-state index in [0.29, 0.717) is 53.7 Å². The Balaban J connectivity index is 1.16. The van der Waals surface area contributed by atoms with Crippen LogP contribution in [-0.2, 0) is 6.54 Å². The summed E-state index contributed by atoms with van der Waals surface area (Å²) in [7, 11) is 0. The molecule has 11 heteroatoms. The van der Waals surface area contributed by atoms with E-state index in [1.54, 1.807) is 40.2 Å². The van der Waals surface area contributed by atoms with Crippen molar-refractivity contribution in [2.24, 2.45) is 0 Å². The summed E-state index contributed by atoms with van der Waals surface area (Å²) in [6.45, 7) is 0.883. The van der Waals surface area contributed by atoms with Crippen molar-refractivity contribution in [1.29, 1.82) is 0 Å². The maximum Gasteiger partial charge on any atom is 0.274 e. The van der Waals surface area contributed by atoms with Gasteiger partial charge in [-0.25, -0.2) is 14.6 Å². The summed E-state index contributed by atoms with van der Waals surface area (Å²) in [6.07, 6.45) is 9.43. The Kier molecular flexibility index (Phi) is 5.23. The molecule has 1 N–H and O–H groups in total. The van der Waals surface area contributed by atoms with E-state index in [1.807, 2.05) is 10.8 Å². The van der Waals surface area contributed by atoms with Crippen LogP contribution in [0.2, 0.25) is 5.02 Å². The first-order valence-corrected chi connectivity index (χ1v) is 12.0. The molecule has 0 unspecified atom stereocenters. The largest absolute Gasteiger partial charge is 0.388 e. The van der Waals surface area contributed by atoms with Gasteiger partial charge in [-0.2, -0.15) is 5.10 Å². The number of fused-ring (bicyclic) bond motifs is 1. The number of carbonyl (C=O) groups is 1. The van der Waals surface area contributed by atoms with Crippen molar-refractivity contribution in [2.45, 2.75) is 43.9 Å². The van der Waals surface area contributed by atoms with Crippen molar-refractivity contribution in [3.8, 4) is 5.69 Å². The summed E-state index contributed by atoms with van der Waals surface area (Å²) in [6, 6.07) is 7.57. The van der Waals surface area contributed by atoms with Gasteiger partial charge in [0.15, 0.2) is 5.65 Å². The number of imidazole rings is 1. The summed E-state index contributed by atoms with van der Waals surface area (Å²) in [5.41, 5.74) is 0.229. The Hall–Kier alpha value is -3.50. The van der Waals surface area contributed by atoms with E-state index in [1.165, 1.54) is 17.1 Å². The number of piperidine rings is 1. The average molecular weight is 494 g/mol. The number of aromatic nitrogens is 6. The van der Waals surface area contributed by atoms with Crippen LogP contribution in [0.15, 0.2) is 54.1 Å². The van der Waals surface area contributed by atoms with Gasteiger partial charge in [-0.3, -0.25) is 14.2 Å². The Labute approximate surface area is 205 Å². The summed E-state index contributed by atoms with van der Waals surface area (Å²) in [5.74, 6) is -0.124. The van der Waals surface area contributed by atoms with Crippen LogP contribution in [0, 0.1) is 0 Å². The van der Waals surface area contributed by atoms with Crippen molar-refractivity contribution in [3.05, 3.63) is 70.4 Å². The van der Waals surface area contributed by atoms with E-state index in [9.17, 15) is 14.7 Å². The highest BCUT2D eigenvalue weighted by Gasteiger charge is 2.36. The minimum atomic E-state index is -1.12. The van der Waals surface area contributed by atoms with Gasteiger partial charge in [0.2, 0.25) is 0 Å². The van der Waals surface area contributed by atoms with E-state index < -0.39 is 5.60 Å². The first-order chi connectivity index (χ1) is 16.9. The van der Waals surface area contributed by atoms with Gasteiger partial charge < -0.3 is 14.6 Å². The Bertz CT molecular complexity index is 1460. The zero-order valence-corrected chi connectivity index (χ0v) is 19.7. The topological polar surface area (TPSA) is 111 Å². The minimum absolute atomic E-state index is 0.0965. The summed E-state index contributed by atoms with van der Waals surface area (Å²) >= 11 is 5.97. The van der Waals surface area contributed by atoms with Crippen LogP contribution in [0.4, 0.5) is 0 Å². The molecule has 1 saturated heterocycles. The maximum absolute atomic E-state index is 13.1. The lowest BCUT2D eigenvalue weighted by Crippen LogP contribution is -2.49. The molecule has 0 atom stereocenters. The van der Waals surface area contributed by atoms with Gasteiger partial charge in [-0.15, -0.1) is 0 Å². The van der Waals surface area contributed by atoms with Gasteiger partial charge in [0, 0.05) is 30.4 Å². The molecule has 6 rings (SSSR count). The number of hydrogen-bond donors (Lipinski definition) is 1. The quantitative estimate of drug-likeness (QED) is 0.457. The summed E-state index contributed by atoms with van der Waals surface area (Å²) in [4.78, 5) is 36.4. The number of amides is 1. The summed E-state index contributed by atoms with van der Waals surface area (Å²) in [5, 5.41) is 16.5. The molecule has 1 aromatic carbocycles. The third kappa shape index (κ3) is 4.12. The number of nitrogens with zero attached hydrogens (tertiary/aromatic N) is 7. The standard InChI is InChI=1S/C24H24ClN7O3/c25-16-1-3-18(4-2-16)32-21-19(11-28-32)22(33)31(15-27-21)13-24(35)7-9-29(10-8-24)23(34)20-12-30(14-26-20)17-5-6-17/h1-4,11-12,14-15,17,35H,5-10,13H2. The second-order valence-electron chi connectivity index (χ2n) is 9.40. The highest BCUT2D eigenvalue weighted by Crippen LogP contribution is 2.34. The molecule has 0 bridgehead atoms. The smallest absolute Gasteiger partial charge is 0.274 e. The molecular formula is C24H24ClN7O3. The first-order valence-electron chi connectivity index (χ1n) is 11.6. The Morgan fingerprint density at radius 3 is 2.57 bits per heavy atom. The second-order valence-corrected chi connectivity index (χ2v) is 9.84. The molecule has 35 heavy (non-hydrogen) atoms. The average Bonchev–Trinajstić information content (AvgIpc) is 3.42. The highest BCUT2D eigenvalue weighted by atomic mass is 35.5. The zero-order chi connectivity index (χ0) is 24.2. The molecule has 1 aliphatic carbocycles. The third-order valence-corrected chi connectivity index (χ3v) is 7.11. The number of likely N-dealkylation sites (tertiary alicyclic amines) is 1. The number of aliphatic hydroxyl groups is 1. The minimum Gasteiger partial charge on any atom is -0.388 e. The van der Waals surface area contributed by atoms with E-state index in [-0.39, 0.29) is 18.0 Å². The first kappa shape index (κ1) is 22.0. The molecule has 3 aromatic heterocycles. The predicted octanol–water partition coefficient (Wildman–Crippen LogP) is 2.43. The molecule has 2 aliphatic rings. The Morgan fingerprint density at radius 2 is 1.86 bits per heavy atom. The SMILES string of the molecule is O=C(c1cn(C2CC2)cn1)N1CCC(O)(Cn2cnc3c(cnn3-c3ccc(Cl)cc3)c2=O)CC1.